The third-order valence-electron chi connectivity index (χ3n) is 3.83. The fraction of sp³-hybridized carbons (Fsp3) is 0.438. The molecule has 6 nitrogen and oxygen atoms in total. The highest BCUT2D eigenvalue weighted by Gasteiger charge is 2.32. The van der Waals surface area contributed by atoms with E-state index in [0.717, 1.165) is 0 Å². The summed E-state index contributed by atoms with van der Waals surface area (Å²) in [4.78, 5) is 25.3. The van der Waals surface area contributed by atoms with E-state index in [0.29, 0.717) is 31.9 Å². The second kappa shape index (κ2) is 7.58. The van der Waals surface area contributed by atoms with E-state index in [4.69, 9.17) is 5.26 Å². The summed E-state index contributed by atoms with van der Waals surface area (Å²) in [6.45, 7) is 3.64. The van der Waals surface area contributed by atoms with Crippen LogP contribution in [0.4, 0.5) is 10.1 Å². The van der Waals surface area contributed by atoms with Gasteiger partial charge >= 0.3 is 0 Å². The molecule has 2 amide bonds. The van der Waals surface area contributed by atoms with E-state index in [1.54, 1.807) is 17.0 Å². The van der Waals surface area contributed by atoms with Crippen molar-refractivity contribution in [3.63, 3.8) is 0 Å². The first-order valence-corrected chi connectivity index (χ1v) is 7.54. The Morgan fingerprint density at radius 1 is 1.48 bits per heavy atom. The average molecular weight is 318 g/mol. The van der Waals surface area contributed by atoms with Crippen molar-refractivity contribution in [3.8, 4) is 6.07 Å². The minimum atomic E-state index is -0.578. The smallest absolute Gasteiger partial charge is 0.225 e. The summed E-state index contributed by atoms with van der Waals surface area (Å²) in [7, 11) is 0. The molecule has 1 fully saturated rings. The lowest BCUT2D eigenvalue weighted by atomic mass is 10.1. The van der Waals surface area contributed by atoms with Gasteiger partial charge in [0.2, 0.25) is 11.8 Å². The van der Waals surface area contributed by atoms with E-state index in [-0.39, 0.29) is 29.7 Å². The van der Waals surface area contributed by atoms with E-state index in [9.17, 15) is 14.0 Å². The zero-order valence-corrected chi connectivity index (χ0v) is 12.9. The number of nitrogens with zero attached hydrogens (tertiary/aromatic N) is 2. The Kier molecular flexibility index (Phi) is 5.52. The summed E-state index contributed by atoms with van der Waals surface area (Å²) in [5.41, 5.74) is 0.355. The Balaban J connectivity index is 1.78. The quantitative estimate of drug-likeness (QED) is 0.769. The van der Waals surface area contributed by atoms with Gasteiger partial charge in [-0.1, -0.05) is 6.07 Å². The van der Waals surface area contributed by atoms with Gasteiger partial charge in [0.25, 0.3) is 0 Å². The number of anilines is 1. The molecule has 0 aromatic heterocycles. The molecule has 23 heavy (non-hydrogen) atoms. The molecule has 1 aromatic carbocycles. The fourth-order valence-electron chi connectivity index (χ4n) is 2.57. The van der Waals surface area contributed by atoms with Gasteiger partial charge in [-0.3, -0.25) is 9.59 Å². The van der Waals surface area contributed by atoms with Gasteiger partial charge in [0, 0.05) is 32.6 Å². The molecule has 1 aromatic rings. The van der Waals surface area contributed by atoms with Gasteiger partial charge in [-0.2, -0.15) is 5.26 Å². The summed E-state index contributed by atoms with van der Waals surface area (Å²) in [6, 6.07) is 6.15. The molecule has 1 unspecified atom stereocenters. The topological polar surface area (TPSA) is 85.2 Å². The molecule has 2 rings (SSSR count). The lowest BCUT2D eigenvalue weighted by Gasteiger charge is -2.14. The van der Waals surface area contributed by atoms with E-state index in [1.165, 1.54) is 12.1 Å². The molecule has 2 N–H and O–H groups in total. The number of carbonyl (C=O) groups excluding carboxylic acids is 2. The molecule has 7 heteroatoms. The number of halogens is 1. The molecule has 1 saturated heterocycles. The molecule has 0 saturated carbocycles. The molecule has 0 radical (unpaired) electrons. The Morgan fingerprint density at radius 3 is 2.91 bits per heavy atom. The molecule has 1 heterocycles. The van der Waals surface area contributed by atoms with Gasteiger partial charge in [0.1, 0.15) is 17.4 Å². The average Bonchev–Trinajstić information content (AvgIpc) is 2.92. The third-order valence-corrected chi connectivity index (χ3v) is 3.83. The number of benzene rings is 1. The predicted molar refractivity (Wildman–Crippen MR) is 83.0 cm³/mol. The van der Waals surface area contributed by atoms with Crippen LogP contribution in [0.1, 0.15) is 18.9 Å². The van der Waals surface area contributed by atoms with Crippen LogP contribution in [0.15, 0.2) is 18.2 Å². The number of rotatable bonds is 6. The minimum Gasteiger partial charge on any atom is -0.382 e. The van der Waals surface area contributed by atoms with Gasteiger partial charge in [-0.05, 0) is 19.1 Å². The highest BCUT2D eigenvalue weighted by molar-refractivity contribution is 5.89. The van der Waals surface area contributed by atoms with Crippen LogP contribution in [0.3, 0.4) is 0 Å². The van der Waals surface area contributed by atoms with Crippen LogP contribution >= 0.6 is 0 Å². The van der Waals surface area contributed by atoms with Gasteiger partial charge in [0.15, 0.2) is 0 Å². The first-order valence-electron chi connectivity index (χ1n) is 7.54. The Bertz CT molecular complexity index is 641. The standard InChI is InChI=1S/C16H19FN4O2/c1-2-21-10-11(8-15(21)22)16(23)20-7-6-19-14-5-3-4-13(17)12(14)9-18/h3-5,11,19H,2,6-8,10H2,1H3,(H,20,23). The summed E-state index contributed by atoms with van der Waals surface area (Å²) in [5.74, 6) is -1.04. The second-order valence-electron chi connectivity index (χ2n) is 5.33. The van der Waals surface area contributed by atoms with Crippen molar-refractivity contribution < 1.29 is 14.0 Å². The highest BCUT2D eigenvalue weighted by atomic mass is 19.1. The maximum Gasteiger partial charge on any atom is 0.225 e. The predicted octanol–water partition coefficient (Wildman–Crippen LogP) is 1.09. The van der Waals surface area contributed by atoms with Gasteiger partial charge in [-0.25, -0.2) is 4.39 Å². The van der Waals surface area contributed by atoms with Crippen LogP contribution in [0.25, 0.3) is 0 Å². The number of likely N-dealkylation sites (tertiary alicyclic amines) is 1. The van der Waals surface area contributed by atoms with E-state index in [1.807, 2.05) is 6.92 Å². The maximum absolute atomic E-state index is 13.4. The van der Waals surface area contributed by atoms with Crippen molar-refractivity contribution in [2.24, 2.45) is 5.92 Å². The Hall–Kier alpha value is -2.62. The number of carbonyl (C=O) groups is 2. The molecule has 0 bridgehead atoms. The lowest BCUT2D eigenvalue weighted by Crippen LogP contribution is -2.35. The third kappa shape index (κ3) is 3.97. The summed E-state index contributed by atoms with van der Waals surface area (Å²) >= 11 is 0. The van der Waals surface area contributed by atoms with Crippen LogP contribution < -0.4 is 10.6 Å². The normalized spacial score (nSPS) is 17.0. The van der Waals surface area contributed by atoms with Crippen molar-refractivity contribution in [3.05, 3.63) is 29.6 Å². The molecule has 1 aliphatic rings. The van der Waals surface area contributed by atoms with E-state index >= 15 is 0 Å². The lowest BCUT2D eigenvalue weighted by molar-refractivity contribution is -0.128. The second-order valence-corrected chi connectivity index (χ2v) is 5.33. The summed E-state index contributed by atoms with van der Waals surface area (Å²) in [6.07, 6.45) is 0.246. The minimum absolute atomic E-state index is 0.00389. The van der Waals surface area contributed by atoms with Gasteiger partial charge in [-0.15, -0.1) is 0 Å². The number of hydrogen-bond acceptors (Lipinski definition) is 4. The highest BCUT2D eigenvalue weighted by Crippen LogP contribution is 2.18. The number of nitriles is 1. The molecular weight excluding hydrogens is 299 g/mol. The van der Waals surface area contributed by atoms with Crippen molar-refractivity contribution in [2.45, 2.75) is 13.3 Å². The van der Waals surface area contributed by atoms with Gasteiger partial charge in [0.05, 0.1) is 11.6 Å². The molecule has 1 aliphatic heterocycles. The zero-order valence-electron chi connectivity index (χ0n) is 12.9. The van der Waals surface area contributed by atoms with Crippen molar-refractivity contribution >= 4 is 17.5 Å². The van der Waals surface area contributed by atoms with Crippen LogP contribution in [-0.2, 0) is 9.59 Å². The van der Waals surface area contributed by atoms with Crippen molar-refractivity contribution in [1.82, 2.24) is 10.2 Å². The first kappa shape index (κ1) is 16.7. The summed E-state index contributed by atoms with van der Waals surface area (Å²) < 4.78 is 13.4. The Morgan fingerprint density at radius 2 is 2.26 bits per heavy atom. The molecule has 122 valence electrons. The van der Waals surface area contributed by atoms with Crippen molar-refractivity contribution in [1.29, 1.82) is 5.26 Å². The molecule has 0 spiro atoms. The van der Waals surface area contributed by atoms with Crippen molar-refractivity contribution in [2.75, 3.05) is 31.5 Å². The SMILES string of the molecule is CCN1CC(C(=O)NCCNc2cccc(F)c2C#N)CC1=O. The van der Waals surface area contributed by atoms with Gasteiger partial charge < -0.3 is 15.5 Å². The largest absolute Gasteiger partial charge is 0.382 e. The van der Waals surface area contributed by atoms with E-state index < -0.39 is 5.82 Å². The van der Waals surface area contributed by atoms with Crippen LogP contribution in [0, 0.1) is 23.1 Å². The zero-order chi connectivity index (χ0) is 16.8. The maximum atomic E-state index is 13.4. The van der Waals surface area contributed by atoms with E-state index in [2.05, 4.69) is 10.6 Å². The Labute approximate surface area is 134 Å². The monoisotopic (exact) mass is 318 g/mol. The van der Waals surface area contributed by atoms with Crippen LogP contribution in [0.5, 0.6) is 0 Å². The molecule has 1 atom stereocenters. The number of amides is 2. The number of hydrogen-bond donors (Lipinski definition) is 2. The first-order chi connectivity index (χ1) is 11.1. The van der Waals surface area contributed by atoms with Crippen LogP contribution in [0.2, 0.25) is 0 Å². The number of nitrogens with one attached hydrogen (secondary N) is 2. The summed E-state index contributed by atoms with van der Waals surface area (Å²) in [5, 5.41) is 14.6. The molecular formula is C16H19FN4O2. The fourth-order valence-corrected chi connectivity index (χ4v) is 2.57. The molecule has 0 aliphatic carbocycles. The van der Waals surface area contributed by atoms with Crippen LogP contribution in [-0.4, -0.2) is 42.9 Å².